The van der Waals surface area contributed by atoms with Gasteiger partial charge in [-0.1, -0.05) is 0 Å². The Bertz CT molecular complexity index is 455. The van der Waals surface area contributed by atoms with Crippen molar-refractivity contribution >= 4 is 0 Å². The molecule has 0 fully saturated rings. The molecular formula is C10H7F2N3. The second-order valence-corrected chi connectivity index (χ2v) is 2.93. The molecule has 1 rings (SSSR count). The van der Waals surface area contributed by atoms with Gasteiger partial charge in [-0.15, -0.1) is 0 Å². The number of halogens is 2. The van der Waals surface area contributed by atoms with Crippen LogP contribution in [0.1, 0.15) is 28.8 Å². The van der Waals surface area contributed by atoms with Crippen LogP contribution in [0.3, 0.4) is 0 Å². The van der Waals surface area contributed by atoms with E-state index in [1.165, 1.54) is 6.20 Å². The third kappa shape index (κ3) is 2.08. The molecule has 0 radical (unpaired) electrons. The molecule has 0 aliphatic heterocycles. The maximum absolute atomic E-state index is 12.5. The van der Waals surface area contributed by atoms with Crippen LogP contribution in [0.15, 0.2) is 6.20 Å². The molecule has 76 valence electrons. The van der Waals surface area contributed by atoms with Gasteiger partial charge in [0.25, 0.3) is 6.43 Å². The van der Waals surface area contributed by atoms with E-state index in [4.69, 9.17) is 10.5 Å². The zero-order valence-corrected chi connectivity index (χ0v) is 7.96. The average Bonchev–Trinajstić information content (AvgIpc) is 2.18. The molecule has 15 heavy (non-hydrogen) atoms. The summed E-state index contributed by atoms with van der Waals surface area (Å²) < 4.78 is 25.0. The summed E-state index contributed by atoms with van der Waals surface area (Å²) in [5, 5.41) is 17.3. The van der Waals surface area contributed by atoms with E-state index in [0.717, 1.165) is 0 Å². The van der Waals surface area contributed by atoms with Crippen LogP contribution in [0.4, 0.5) is 8.78 Å². The lowest BCUT2D eigenvalue weighted by atomic mass is 10.0. The fraction of sp³-hybridized carbons (Fsp3) is 0.300. The summed E-state index contributed by atoms with van der Waals surface area (Å²) in [6.45, 7) is 1.60. The lowest BCUT2D eigenvalue weighted by Crippen LogP contribution is -2.03. The quantitative estimate of drug-likeness (QED) is 0.747. The monoisotopic (exact) mass is 207 g/mol. The second kappa shape index (κ2) is 4.47. The Morgan fingerprint density at radius 2 is 2.13 bits per heavy atom. The van der Waals surface area contributed by atoms with Crippen LogP contribution in [-0.4, -0.2) is 4.98 Å². The van der Waals surface area contributed by atoms with Gasteiger partial charge in [0.2, 0.25) is 0 Å². The van der Waals surface area contributed by atoms with Gasteiger partial charge in [-0.2, -0.15) is 10.5 Å². The highest BCUT2D eigenvalue weighted by Crippen LogP contribution is 2.25. The first-order chi connectivity index (χ1) is 7.11. The Hall–Kier alpha value is -2.01. The predicted octanol–water partition coefficient (Wildman–Crippen LogP) is 2.27. The predicted molar refractivity (Wildman–Crippen MR) is 48.0 cm³/mol. The summed E-state index contributed by atoms with van der Waals surface area (Å²) >= 11 is 0. The van der Waals surface area contributed by atoms with E-state index in [0.29, 0.717) is 5.56 Å². The first kappa shape index (κ1) is 11.1. The van der Waals surface area contributed by atoms with E-state index in [9.17, 15) is 8.78 Å². The molecule has 5 heteroatoms. The molecule has 1 heterocycles. The highest BCUT2D eigenvalue weighted by atomic mass is 19.3. The molecule has 0 saturated carbocycles. The molecule has 0 amide bonds. The van der Waals surface area contributed by atoms with Gasteiger partial charge in [0, 0.05) is 11.8 Å². The number of aryl methyl sites for hydroxylation is 1. The minimum Gasteiger partial charge on any atom is -0.255 e. The Kier molecular flexibility index (Phi) is 3.30. The van der Waals surface area contributed by atoms with Crippen molar-refractivity contribution in [2.45, 2.75) is 19.8 Å². The number of alkyl halides is 2. The minimum absolute atomic E-state index is 0.0370. The Balaban J connectivity index is 3.45. The summed E-state index contributed by atoms with van der Waals surface area (Å²) in [6, 6.07) is 3.58. The summed E-state index contributed by atoms with van der Waals surface area (Å²) in [7, 11) is 0. The van der Waals surface area contributed by atoms with Crippen molar-refractivity contribution in [3.63, 3.8) is 0 Å². The SMILES string of the molecule is Cc1cnc(C(F)F)c(CC#N)c1C#N. The number of hydrogen-bond acceptors (Lipinski definition) is 3. The zero-order chi connectivity index (χ0) is 11.4. The van der Waals surface area contributed by atoms with Crippen LogP contribution >= 0.6 is 0 Å². The van der Waals surface area contributed by atoms with Crippen molar-refractivity contribution in [2.24, 2.45) is 0 Å². The van der Waals surface area contributed by atoms with Gasteiger partial charge in [0.15, 0.2) is 0 Å². The molecule has 3 nitrogen and oxygen atoms in total. The summed E-state index contributed by atoms with van der Waals surface area (Å²) in [5.74, 6) is 0. The van der Waals surface area contributed by atoms with E-state index in [1.807, 2.05) is 6.07 Å². The van der Waals surface area contributed by atoms with Gasteiger partial charge < -0.3 is 0 Å². The van der Waals surface area contributed by atoms with E-state index in [1.54, 1.807) is 13.0 Å². The lowest BCUT2D eigenvalue weighted by Gasteiger charge is -2.08. The van der Waals surface area contributed by atoms with E-state index in [-0.39, 0.29) is 17.5 Å². The van der Waals surface area contributed by atoms with Crippen molar-refractivity contribution in [3.8, 4) is 12.1 Å². The summed E-state index contributed by atoms with van der Waals surface area (Å²) in [6.07, 6.45) is -1.76. The minimum atomic E-state index is -2.76. The van der Waals surface area contributed by atoms with E-state index >= 15 is 0 Å². The zero-order valence-electron chi connectivity index (χ0n) is 7.96. The fourth-order valence-corrected chi connectivity index (χ4v) is 1.28. The molecule has 0 aliphatic rings. The lowest BCUT2D eigenvalue weighted by molar-refractivity contribution is 0.145. The number of pyridine rings is 1. The number of nitriles is 2. The second-order valence-electron chi connectivity index (χ2n) is 2.93. The highest BCUT2D eigenvalue weighted by Gasteiger charge is 2.19. The topological polar surface area (TPSA) is 60.5 Å². The summed E-state index contributed by atoms with van der Waals surface area (Å²) in [5.41, 5.74) is 0.197. The first-order valence-electron chi connectivity index (χ1n) is 4.15. The fourth-order valence-electron chi connectivity index (χ4n) is 1.28. The van der Waals surface area contributed by atoms with Gasteiger partial charge >= 0.3 is 0 Å². The van der Waals surface area contributed by atoms with Gasteiger partial charge in [-0.3, -0.25) is 4.98 Å². The molecule has 0 aromatic carbocycles. The van der Waals surface area contributed by atoms with Gasteiger partial charge in [-0.25, -0.2) is 8.78 Å². The first-order valence-corrected chi connectivity index (χ1v) is 4.15. The van der Waals surface area contributed by atoms with Crippen LogP contribution in [0.25, 0.3) is 0 Å². The van der Waals surface area contributed by atoms with E-state index in [2.05, 4.69) is 4.98 Å². The molecule has 0 saturated heterocycles. The van der Waals surface area contributed by atoms with E-state index < -0.39 is 12.1 Å². The molecular weight excluding hydrogens is 200 g/mol. The number of aromatic nitrogens is 1. The molecule has 0 atom stereocenters. The van der Waals surface area contributed by atoms with Crippen molar-refractivity contribution in [1.29, 1.82) is 10.5 Å². The van der Waals surface area contributed by atoms with Gasteiger partial charge in [-0.05, 0) is 12.5 Å². The standard InChI is InChI=1S/C10H7F2N3/c1-6-5-15-9(10(11)12)7(2-3-13)8(6)4-14/h5,10H,2H2,1H3. The van der Waals surface area contributed by atoms with Crippen LogP contribution in [0, 0.1) is 29.6 Å². The highest BCUT2D eigenvalue weighted by molar-refractivity contribution is 5.46. The molecule has 0 aliphatic carbocycles. The third-order valence-electron chi connectivity index (χ3n) is 1.98. The van der Waals surface area contributed by atoms with Crippen molar-refractivity contribution in [3.05, 3.63) is 28.6 Å². The number of rotatable bonds is 2. The van der Waals surface area contributed by atoms with Gasteiger partial charge in [0.1, 0.15) is 5.69 Å². The molecule has 0 bridgehead atoms. The summed E-state index contributed by atoms with van der Waals surface area (Å²) in [4.78, 5) is 3.55. The van der Waals surface area contributed by atoms with Crippen molar-refractivity contribution < 1.29 is 8.78 Å². The molecule has 0 N–H and O–H groups in total. The normalized spacial score (nSPS) is 9.73. The number of hydrogen-bond donors (Lipinski definition) is 0. The molecule has 1 aromatic rings. The maximum atomic E-state index is 12.5. The van der Waals surface area contributed by atoms with Crippen LogP contribution in [-0.2, 0) is 6.42 Å². The maximum Gasteiger partial charge on any atom is 0.280 e. The molecule has 1 aromatic heterocycles. The van der Waals surface area contributed by atoms with Crippen LogP contribution in [0.5, 0.6) is 0 Å². The number of nitrogens with zero attached hydrogens (tertiary/aromatic N) is 3. The molecule has 0 unspecified atom stereocenters. The third-order valence-corrected chi connectivity index (χ3v) is 1.98. The Labute approximate surface area is 85.6 Å². The molecule has 0 spiro atoms. The smallest absolute Gasteiger partial charge is 0.255 e. The Morgan fingerprint density at radius 1 is 1.47 bits per heavy atom. The average molecular weight is 207 g/mol. The van der Waals surface area contributed by atoms with Crippen LogP contribution in [0.2, 0.25) is 0 Å². The van der Waals surface area contributed by atoms with Crippen molar-refractivity contribution in [2.75, 3.05) is 0 Å². The Morgan fingerprint density at radius 3 is 2.60 bits per heavy atom. The van der Waals surface area contributed by atoms with Crippen molar-refractivity contribution in [1.82, 2.24) is 4.98 Å². The van der Waals surface area contributed by atoms with Crippen LogP contribution < -0.4 is 0 Å². The largest absolute Gasteiger partial charge is 0.280 e. The van der Waals surface area contributed by atoms with Gasteiger partial charge in [0.05, 0.1) is 24.1 Å².